The minimum atomic E-state index is -0.326. The predicted molar refractivity (Wildman–Crippen MR) is 131 cm³/mol. The van der Waals surface area contributed by atoms with Crippen molar-refractivity contribution in [1.82, 2.24) is 19.8 Å². The molecule has 0 saturated carbocycles. The van der Waals surface area contributed by atoms with Gasteiger partial charge in [0.05, 0.1) is 12.6 Å². The maximum Gasteiger partial charge on any atom is 0.253 e. The maximum atomic E-state index is 12.8. The number of aliphatic hydroxyl groups excluding tert-OH is 1. The van der Waals surface area contributed by atoms with Crippen molar-refractivity contribution in [1.29, 1.82) is 0 Å². The number of nitrogens with zero attached hydrogens (tertiary/aromatic N) is 4. The Morgan fingerprint density at radius 3 is 2.50 bits per heavy atom. The van der Waals surface area contributed by atoms with Crippen LogP contribution in [0.1, 0.15) is 22.0 Å². The fraction of sp³-hybridized carbons (Fsp3) is 0.269. The molecule has 1 aliphatic rings. The number of rotatable bonds is 6. The molecule has 5 rings (SSSR count). The number of aromatic nitrogens is 2. The highest BCUT2D eigenvalue weighted by atomic mass is 16.3. The molecule has 2 aromatic heterocycles. The molecule has 8 heteroatoms. The molecule has 8 nitrogen and oxygen atoms in total. The summed E-state index contributed by atoms with van der Waals surface area (Å²) in [6.45, 7) is 3.18. The van der Waals surface area contributed by atoms with Crippen molar-refractivity contribution < 1.29 is 14.3 Å². The first kappa shape index (κ1) is 22.1. The van der Waals surface area contributed by atoms with Crippen molar-refractivity contribution in [3.05, 3.63) is 78.1 Å². The zero-order valence-corrected chi connectivity index (χ0v) is 19.0. The second-order valence-electron chi connectivity index (χ2n) is 8.51. The Balaban J connectivity index is 1.37. The van der Waals surface area contributed by atoms with E-state index in [4.69, 9.17) is 4.42 Å². The van der Waals surface area contributed by atoms with E-state index in [1.54, 1.807) is 0 Å². The third-order valence-corrected chi connectivity index (χ3v) is 6.21. The monoisotopic (exact) mass is 457 g/mol. The normalized spacial score (nSPS) is 15.4. The zero-order chi connectivity index (χ0) is 23.5. The van der Waals surface area contributed by atoms with Gasteiger partial charge in [0.15, 0.2) is 11.4 Å². The quantitative estimate of drug-likeness (QED) is 0.458. The summed E-state index contributed by atoms with van der Waals surface area (Å²) >= 11 is 0. The summed E-state index contributed by atoms with van der Waals surface area (Å²) in [6.07, 6.45) is 1.47. The molecule has 174 valence electrons. The first-order chi connectivity index (χ1) is 16.6. The number of piperazine rings is 1. The third kappa shape index (κ3) is 4.50. The number of likely N-dealkylation sites (N-methyl/N-ethyl adjacent to an activating group) is 1. The Bertz CT molecular complexity index is 1260. The van der Waals surface area contributed by atoms with Crippen molar-refractivity contribution in [3.8, 4) is 11.3 Å². The van der Waals surface area contributed by atoms with E-state index in [0.29, 0.717) is 28.2 Å². The van der Waals surface area contributed by atoms with Crippen LogP contribution in [0.5, 0.6) is 0 Å². The van der Waals surface area contributed by atoms with Crippen molar-refractivity contribution in [2.24, 2.45) is 0 Å². The van der Waals surface area contributed by atoms with E-state index in [1.165, 1.54) is 6.33 Å². The van der Waals surface area contributed by atoms with E-state index in [9.17, 15) is 9.90 Å². The number of aliphatic hydroxyl groups is 1. The van der Waals surface area contributed by atoms with Crippen molar-refractivity contribution >= 4 is 22.8 Å². The van der Waals surface area contributed by atoms with Gasteiger partial charge in [-0.3, -0.25) is 4.79 Å². The molecule has 2 aromatic carbocycles. The number of hydrogen-bond acceptors (Lipinski definition) is 7. The molecule has 1 saturated heterocycles. The van der Waals surface area contributed by atoms with Crippen LogP contribution in [0.2, 0.25) is 0 Å². The number of fused-ring (bicyclic) bond motifs is 1. The molecule has 0 radical (unpaired) electrons. The number of hydrogen-bond donors (Lipinski definition) is 2. The first-order valence-corrected chi connectivity index (χ1v) is 11.4. The fourth-order valence-electron chi connectivity index (χ4n) is 4.15. The zero-order valence-electron chi connectivity index (χ0n) is 19.0. The summed E-state index contributed by atoms with van der Waals surface area (Å²) < 4.78 is 6.12. The van der Waals surface area contributed by atoms with Crippen molar-refractivity contribution in [2.75, 3.05) is 45.2 Å². The highest BCUT2D eigenvalue weighted by Crippen LogP contribution is 2.31. The topological polar surface area (TPSA) is 94.7 Å². The van der Waals surface area contributed by atoms with E-state index in [0.717, 1.165) is 37.3 Å². The van der Waals surface area contributed by atoms with Crippen LogP contribution in [0.4, 0.5) is 5.82 Å². The van der Waals surface area contributed by atoms with Crippen LogP contribution in [-0.2, 0) is 0 Å². The van der Waals surface area contributed by atoms with Gasteiger partial charge >= 0.3 is 0 Å². The van der Waals surface area contributed by atoms with Gasteiger partial charge in [0.2, 0.25) is 0 Å². The summed E-state index contributed by atoms with van der Waals surface area (Å²) in [5.74, 6) is 1.20. The Morgan fingerprint density at radius 2 is 1.79 bits per heavy atom. The molecule has 3 heterocycles. The van der Waals surface area contributed by atoms with E-state index in [-0.39, 0.29) is 18.6 Å². The van der Waals surface area contributed by atoms with E-state index in [1.807, 2.05) is 65.6 Å². The molecule has 1 fully saturated rings. The fourth-order valence-corrected chi connectivity index (χ4v) is 4.15. The van der Waals surface area contributed by atoms with Gasteiger partial charge < -0.3 is 24.6 Å². The molecular formula is C26H27N5O3. The standard InChI is InChI=1S/C26H27N5O3/c1-30-11-13-31(14-12-30)26(33)20-9-7-19(8-10-20)23-15-21-24(34-23)25(28-17-27-21)29-22(16-32)18-5-3-2-4-6-18/h2-10,15,17,22,32H,11-14,16H2,1H3,(H,27,28,29)/t22-/m1/s1. The Kier molecular flexibility index (Phi) is 6.24. The molecule has 34 heavy (non-hydrogen) atoms. The van der Waals surface area contributed by atoms with Gasteiger partial charge in [-0.1, -0.05) is 42.5 Å². The number of amides is 1. The summed E-state index contributed by atoms with van der Waals surface area (Å²) in [7, 11) is 2.07. The summed E-state index contributed by atoms with van der Waals surface area (Å²) in [6, 6.07) is 18.7. The van der Waals surface area contributed by atoms with Crippen LogP contribution in [0, 0.1) is 0 Å². The van der Waals surface area contributed by atoms with Gasteiger partial charge in [-0.05, 0) is 24.7 Å². The van der Waals surface area contributed by atoms with E-state index < -0.39 is 0 Å². The molecule has 0 spiro atoms. The molecule has 0 unspecified atom stereocenters. The van der Waals surface area contributed by atoms with Gasteiger partial charge in [0.1, 0.15) is 17.6 Å². The van der Waals surface area contributed by atoms with Gasteiger partial charge in [-0.15, -0.1) is 0 Å². The largest absolute Gasteiger partial charge is 0.450 e. The average Bonchev–Trinajstić information content (AvgIpc) is 3.33. The van der Waals surface area contributed by atoms with Crippen LogP contribution < -0.4 is 5.32 Å². The maximum absolute atomic E-state index is 12.8. The van der Waals surface area contributed by atoms with Gasteiger partial charge in [0, 0.05) is 43.4 Å². The van der Waals surface area contributed by atoms with Crippen LogP contribution >= 0.6 is 0 Å². The lowest BCUT2D eigenvalue weighted by Crippen LogP contribution is -2.47. The van der Waals surface area contributed by atoms with E-state index in [2.05, 4.69) is 27.2 Å². The Morgan fingerprint density at radius 1 is 1.06 bits per heavy atom. The van der Waals surface area contributed by atoms with E-state index >= 15 is 0 Å². The number of anilines is 1. The van der Waals surface area contributed by atoms with Crippen LogP contribution in [0.3, 0.4) is 0 Å². The molecular weight excluding hydrogens is 430 g/mol. The average molecular weight is 458 g/mol. The number of nitrogens with one attached hydrogen (secondary N) is 1. The Hall–Kier alpha value is -3.75. The summed E-state index contributed by atoms with van der Waals surface area (Å²) in [5, 5.41) is 13.2. The molecule has 1 aliphatic heterocycles. The summed E-state index contributed by atoms with van der Waals surface area (Å²) in [4.78, 5) is 25.6. The van der Waals surface area contributed by atoms with Crippen LogP contribution in [-0.4, -0.2) is 70.6 Å². The highest BCUT2D eigenvalue weighted by Gasteiger charge is 2.21. The molecule has 1 amide bonds. The second kappa shape index (κ2) is 9.62. The lowest BCUT2D eigenvalue weighted by molar-refractivity contribution is 0.0664. The van der Waals surface area contributed by atoms with Crippen molar-refractivity contribution in [2.45, 2.75) is 6.04 Å². The van der Waals surface area contributed by atoms with Gasteiger partial charge in [-0.2, -0.15) is 0 Å². The molecule has 4 aromatic rings. The molecule has 0 bridgehead atoms. The minimum Gasteiger partial charge on any atom is -0.450 e. The number of carbonyl (C=O) groups excluding carboxylic acids is 1. The second-order valence-corrected chi connectivity index (χ2v) is 8.51. The smallest absolute Gasteiger partial charge is 0.253 e. The lowest BCUT2D eigenvalue weighted by Gasteiger charge is -2.32. The van der Waals surface area contributed by atoms with Crippen LogP contribution in [0.25, 0.3) is 22.4 Å². The predicted octanol–water partition coefficient (Wildman–Crippen LogP) is 3.42. The number of furan rings is 1. The van der Waals surface area contributed by atoms with Gasteiger partial charge in [0.25, 0.3) is 5.91 Å². The number of benzene rings is 2. The Labute approximate surface area is 197 Å². The van der Waals surface area contributed by atoms with Crippen LogP contribution in [0.15, 0.2) is 71.4 Å². The third-order valence-electron chi connectivity index (χ3n) is 6.21. The number of carbonyl (C=O) groups is 1. The highest BCUT2D eigenvalue weighted by molar-refractivity contribution is 5.95. The minimum absolute atomic E-state index is 0.0533. The molecule has 2 N–H and O–H groups in total. The SMILES string of the molecule is CN1CCN(C(=O)c2ccc(-c3cc4ncnc(N[C@H](CO)c5ccccc5)c4o3)cc2)CC1. The molecule has 1 atom stereocenters. The lowest BCUT2D eigenvalue weighted by atomic mass is 10.1. The van der Waals surface area contributed by atoms with Gasteiger partial charge in [-0.25, -0.2) is 9.97 Å². The summed E-state index contributed by atoms with van der Waals surface area (Å²) in [5.41, 5.74) is 3.64. The molecule has 0 aliphatic carbocycles. The van der Waals surface area contributed by atoms with Crippen molar-refractivity contribution in [3.63, 3.8) is 0 Å². The first-order valence-electron chi connectivity index (χ1n) is 11.4.